The molecule has 0 fully saturated rings. The topological polar surface area (TPSA) is 9.23 Å². The van der Waals surface area contributed by atoms with Crippen molar-refractivity contribution in [2.45, 2.75) is 0 Å². The number of hydrogen-bond acceptors (Lipinski definition) is 1. The van der Waals surface area contributed by atoms with Gasteiger partial charge in [0.2, 0.25) is 0 Å². The zero-order chi connectivity index (χ0) is 6.81. The summed E-state index contributed by atoms with van der Waals surface area (Å²) < 4.78 is 5.34. The van der Waals surface area contributed by atoms with Gasteiger partial charge in [-0.15, -0.1) is 0 Å². The fourth-order valence-electron chi connectivity index (χ4n) is 1.06. The van der Waals surface area contributed by atoms with Gasteiger partial charge in [0, 0.05) is 22.1 Å². The molecule has 1 heterocycles. The number of benzene rings is 1. The minimum Gasteiger partial charge on any atom is -0.489 e. The molecule has 2 rings (SSSR count). The first-order chi connectivity index (χ1) is 4.97. The molecule has 0 aliphatic carbocycles. The molecular weight excluding hydrogens is 194 g/mol. The molecule has 3 heteroatoms. The molecule has 0 N–H and O–H groups in total. The predicted octanol–water partition coefficient (Wildman–Crippen LogP) is 0.906. The van der Waals surface area contributed by atoms with Crippen LogP contribution in [-0.4, -0.2) is 15.0 Å². The third-order valence-electron chi connectivity index (χ3n) is 1.55. The van der Waals surface area contributed by atoms with Gasteiger partial charge in [0.25, 0.3) is 0 Å². The van der Waals surface area contributed by atoms with Crippen molar-refractivity contribution in [2.24, 2.45) is 0 Å². The van der Waals surface area contributed by atoms with Gasteiger partial charge in [0.1, 0.15) is 12.4 Å². The van der Waals surface area contributed by atoms with Crippen LogP contribution in [0.25, 0.3) is 6.08 Å². The van der Waals surface area contributed by atoms with Gasteiger partial charge >= 0.3 is 0 Å². The summed E-state index contributed by atoms with van der Waals surface area (Å²) in [6.07, 6.45) is 4.10. The fraction of sp³-hybridized carbons (Fsp3) is 0.111. The Kier molecular flexibility index (Phi) is 4.76. The van der Waals surface area contributed by atoms with Crippen molar-refractivity contribution in [3.63, 3.8) is 0 Å². The second-order valence-corrected chi connectivity index (χ2v) is 2.25. The van der Waals surface area contributed by atoms with Gasteiger partial charge in [-0.05, 0) is 12.1 Å². The summed E-state index contributed by atoms with van der Waals surface area (Å²) in [5.74, 6) is 0.991. The first kappa shape index (κ1) is 11.3. The number of fused-ring (bicyclic) bond motifs is 1. The van der Waals surface area contributed by atoms with E-state index in [1.807, 2.05) is 30.3 Å². The normalized spacial score (nSPS) is 11.7. The molecule has 66 valence electrons. The molecule has 0 aromatic heterocycles. The molecule has 1 nitrogen and oxygen atoms in total. The van der Waals surface area contributed by atoms with Crippen LogP contribution in [0.15, 0.2) is 30.3 Å². The molecule has 0 radical (unpaired) electrons. The number of hydrogen-bond donors (Lipinski definition) is 0. The van der Waals surface area contributed by atoms with Crippen molar-refractivity contribution in [1.82, 2.24) is 0 Å². The average Bonchev–Trinajstić information content (AvgIpc) is 2.05. The Morgan fingerprint density at radius 1 is 1.17 bits per heavy atom. The van der Waals surface area contributed by atoms with Crippen molar-refractivity contribution in [2.75, 3.05) is 6.61 Å². The van der Waals surface area contributed by atoms with E-state index in [1.165, 1.54) is 5.56 Å². The summed E-state index contributed by atoms with van der Waals surface area (Å²) in [5.41, 5.74) is 1.17. The molecule has 0 saturated heterocycles. The predicted molar refractivity (Wildman–Crippen MR) is 50.9 cm³/mol. The first-order valence-corrected chi connectivity index (χ1v) is 3.35. The summed E-state index contributed by atoms with van der Waals surface area (Å²) in [5, 5.41) is 0. The van der Waals surface area contributed by atoms with Crippen molar-refractivity contribution < 1.29 is 21.2 Å². The van der Waals surface area contributed by atoms with Crippen LogP contribution in [-0.2, 0) is 16.5 Å². The number of para-hydroxylation sites is 1. The summed E-state index contributed by atoms with van der Waals surface area (Å²) in [6.45, 7) is 0.705. The smallest absolute Gasteiger partial charge is 0.126 e. The molecule has 0 spiro atoms. The van der Waals surface area contributed by atoms with E-state index in [9.17, 15) is 0 Å². The van der Waals surface area contributed by atoms with E-state index in [1.54, 1.807) is 0 Å². The van der Waals surface area contributed by atoms with Crippen LogP contribution >= 0.6 is 0 Å². The molecule has 0 atom stereocenters. The third-order valence-corrected chi connectivity index (χ3v) is 1.55. The van der Waals surface area contributed by atoms with Gasteiger partial charge in [-0.2, -0.15) is 0 Å². The van der Waals surface area contributed by atoms with E-state index in [0.29, 0.717) is 6.61 Å². The largest absolute Gasteiger partial charge is 0.489 e. The molecule has 0 amide bonds. The van der Waals surface area contributed by atoms with Gasteiger partial charge in [0.15, 0.2) is 0 Å². The fourth-order valence-corrected chi connectivity index (χ4v) is 1.06. The van der Waals surface area contributed by atoms with Gasteiger partial charge in [0.05, 0.1) is 8.41 Å². The van der Waals surface area contributed by atoms with E-state index in [4.69, 9.17) is 4.74 Å². The van der Waals surface area contributed by atoms with Crippen LogP contribution in [0.4, 0.5) is 0 Å². The van der Waals surface area contributed by atoms with Gasteiger partial charge in [-0.25, -0.2) is 0 Å². The van der Waals surface area contributed by atoms with E-state index in [-0.39, 0.29) is 24.9 Å². The maximum absolute atomic E-state index is 5.34. The van der Waals surface area contributed by atoms with Crippen LogP contribution in [0.1, 0.15) is 5.56 Å². The summed E-state index contributed by atoms with van der Waals surface area (Å²) in [6, 6.07) is 8.03. The molecule has 1 aromatic carbocycles. The van der Waals surface area contributed by atoms with Gasteiger partial charge in [-0.1, -0.05) is 24.3 Å². The molecule has 1 aliphatic heterocycles. The molecule has 1 aromatic rings. The SMILES string of the molecule is B.C1=Cc2ccccc2OC1.[Ni]. The Bertz CT molecular complexity index is 273. The second kappa shape index (κ2) is 5.05. The molecule has 0 bridgehead atoms. The Morgan fingerprint density at radius 3 is 2.67 bits per heavy atom. The molecule has 0 unspecified atom stereocenters. The Morgan fingerprint density at radius 2 is 1.92 bits per heavy atom. The van der Waals surface area contributed by atoms with E-state index >= 15 is 0 Å². The Hall–Kier alpha value is -0.682. The number of ether oxygens (including phenoxy) is 1. The summed E-state index contributed by atoms with van der Waals surface area (Å²) in [4.78, 5) is 0. The molecule has 12 heavy (non-hydrogen) atoms. The zero-order valence-corrected chi connectivity index (χ0v) is 6.88. The standard InChI is InChI=1S/C9H8O.BH3.Ni/c1-2-6-9-8(4-1)5-3-7-10-9;;/h1-6H,7H2;1H3;. The first-order valence-electron chi connectivity index (χ1n) is 3.35. The van der Waals surface area contributed by atoms with Crippen molar-refractivity contribution in [3.8, 4) is 5.75 Å². The summed E-state index contributed by atoms with van der Waals surface area (Å²) in [7, 11) is 0. The van der Waals surface area contributed by atoms with E-state index < -0.39 is 0 Å². The minimum absolute atomic E-state index is 0. The third kappa shape index (κ3) is 2.15. The monoisotopic (exact) mass is 204 g/mol. The van der Waals surface area contributed by atoms with Crippen molar-refractivity contribution in [3.05, 3.63) is 35.9 Å². The van der Waals surface area contributed by atoms with Gasteiger partial charge in [-0.3, -0.25) is 0 Å². The van der Waals surface area contributed by atoms with Crippen LogP contribution in [0.5, 0.6) is 5.75 Å². The minimum atomic E-state index is 0. The molecule has 0 saturated carbocycles. The molecule has 1 aliphatic rings. The zero-order valence-electron chi connectivity index (χ0n) is 5.90. The van der Waals surface area contributed by atoms with E-state index in [2.05, 4.69) is 6.08 Å². The van der Waals surface area contributed by atoms with Crippen LogP contribution in [0.2, 0.25) is 0 Å². The Labute approximate surface area is 84.3 Å². The average molecular weight is 205 g/mol. The summed E-state index contributed by atoms with van der Waals surface area (Å²) >= 11 is 0. The van der Waals surface area contributed by atoms with Crippen molar-refractivity contribution in [1.29, 1.82) is 0 Å². The number of rotatable bonds is 0. The van der Waals surface area contributed by atoms with Crippen molar-refractivity contribution >= 4 is 14.5 Å². The van der Waals surface area contributed by atoms with E-state index in [0.717, 1.165) is 5.75 Å². The van der Waals surface area contributed by atoms with Crippen LogP contribution < -0.4 is 4.74 Å². The second-order valence-electron chi connectivity index (χ2n) is 2.25. The van der Waals surface area contributed by atoms with Crippen LogP contribution in [0.3, 0.4) is 0 Å². The molecular formula is C9H11BNiO. The maximum Gasteiger partial charge on any atom is 0.126 e. The Balaban J connectivity index is 0.000000605. The maximum atomic E-state index is 5.34. The quantitative estimate of drug-likeness (QED) is 0.571. The van der Waals surface area contributed by atoms with Gasteiger partial charge < -0.3 is 4.74 Å². The van der Waals surface area contributed by atoms with Crippen LogP contribution in [0, 0.1) is 0 Å².